The first kappa shape index (κ1) is 13.4. The number of rotatable bonds is 7. The fraction of sp³-hybridized carbons (Fsp3) is 0.889. The van der Waals surface area contributed by atoms with Gasteiger partial charge in [-0.3, -0.25) is 4.79 Å². The third-order valence-electron chi connectivity index (χ3n) is 1.93. The van der Waals surface area contributed by atoms with E-state index in [2.05, 4.69) is 5.32 Å². The van der Waals surface area contributed by atoms with Crippen LogP contribution in [0.5, 0.6) is 0 Å². The molecule has 0 aliphatic carbocycles. The predicted molar refractivity (Wildman–Crippen MR) is 53.7 cm³/mol. The van der Waals surface area contributed by atoms with E-state index in [1.807, 2.05) is 6.92 Å². The van der Waals surface area contributed by atoms with Crippen LogP contribution in [0.3, 0.4) is 0 Å². The fourth-order valence-electron chi connectivity index (χ4n) is 0.932. The lowest BCUT2D eigenvalue weighted by Crippen LogP contribution is -2.35. The van der Waals surface area contributed by atoms with E-state index in [-0.39, 0.29) is 18.1 Å². The molecular weight excluding hydrogens is 184 g/mol. The average molecular weight is 204 g/mol. The van der Waals surface area contributed by atoms with Crippen molar-refractivity contribution in [3.8, 4) is 0 Å². The van der Waals surface area contributed by atoms with Crippen molar-refractivity contribution in [2.75, 3.05) is 27.3 Å². The van der Waals surface area contributed by atoms with Crippen LogP contribution in [0.4, 0.5) is 0 Å². The minimum absolute atomic E-state index is 0.0259. The van der Waals surface area contributed by atoms with Crippen LogP contribution in [0.2, 0.25) is 0 Å². The molecule has 0 heterocycles. The summed E-state index contributed by atoms with van der Waals surface area (Å²) >= 11 is 0. The van der Waals surface area contributed by atoms with Crippen molar-refractivity contribution in [2.45, 2.75) is 19.6 Å². The second kappa shape index (κ2) is 7.73. The lowest BCUT2D eigenvalue weighted by atomic mass is 10.1. The Morgan fingerprint density at radius 2 is 2.00 bits per heavy atom. The molecular formula is C9H20N2O3. The normalized spacial score (nSPS) is 12.9. The zero-order valence-electron chi connectivity index (χ0n) is 9.08. The van der Waals surface area contributed by atoms with Crippen molar-refractivity contribution >= 4 is 5.91 Å². The summed E-state index contributed by atoms with van der Waals surface area (Å²) in [5, 5.41) is 2.71. The van der Waals surface area contributed by atoms with Crippen molar-refractivity contribution in [3.63, 3.8) is 0 Å². The van der Waals surface area contributed by atoms with Crippen LogP contribution in [-0.4, -0.2) is 39.5 Å². The Morgan fingerprint density at radius 3 is 2.43 bits per heavy atom. The molecule has 0 aliphatic heterocycles. The summed E-state index contributed by atoms with van der Waals surface area (Å²) in [7, 11) is 3.06. The summed E-state index contributed by atoms with van der Waals surface area (Å²) in [6.45, 7) is 2.82. The quantitative estimate of drug-likeness (QED) is 0.559. The van der Waals surface area contributed by atoms with Crippen molar-refractivity contribution in [2.24, 2.45) is 11.7 Å². The van der Waals surface area contributed by atoms with Gasteiger partial charge in [0.15, 0.2) is 6.29 Å². The Hall–Kier alpha value is -0.650. The first-order chi connectivity index (χ1) is 6.63. The fourth-order valence-corrected chi connectivity index (χ4v) is 0.932. The number of hydrogen-bond donors (Lipinski definition) is 2. The summed E-state index contributed by atoms with van der Waals surface area (Å²) in [6.07, 6.45) is 0.0588. The van der Waals surface area contributed by atoms with Gasteiger partial charge in [-0.1, -0.05) is 6.92 Å². The SMILES string of the molecule is COC(CNC(=O)CC(C)CN)OC. The second-order valence-corrected chi connectivity index (χ2v) is 3.25. The van der Waals surface area contributed by atoms with Gasteiger partial charge in [0.1, 0.15) is 0 Å². The largest absolute Gasteiger partial charge is 0.354 e. The molecule has 1 unspecified atom stereocenters. The number of ether oxygens (including phenoxy) is 2. The highest BCUT2D eigenvalue weighted by molar-refractivity contribution is 5.76. The molecule has 1 amide bonds. The predicted octanol–water partition coefficient (Wildman–Crippen LogP) is -0.294. The second-order valence-electron chi connectivity index (χ2n) is 3.25. The minimum atomic E-state index is -0.382. The minimum Gasteiger partial charge on any atom is -0.354 e. The van der Waals surface area contributed by atoms with Gasteiger partial charge in [-0.15, -0.1) is 0 Å². The number of carbonyl (C=O) groups excluding carboxylic acids is 1. The van der Waals surface area contributed by atoms with E-state index < -0.39 is 0 Å². The maximum atomic E-state index is 11.3. The Labute approximate surface area is 84.9 Å². The first-order valence-corrected chi connectivity index (χ1v) is 4.66. The van der Waals surface area contributed by atoms with Gasteiger partial charge in [0.05, 0.1) is 6.54 Å². The lowest BCUT2D eigenvalue weighted by Gasteiger charge is -2.15. The van der Waals surface area contributed by atoms with Crippen LogP contribution in [0.15, 0.2) is 0 Å². The number of hydrogen-bond acceptors (Lipinski definition) is 4. The highest BCUT2D eigenvalue weighted by Gasteiger charge is 2.10. The molecule has 0 aliphatic rings. The zero-order chi connectivity index (χ0) is 11.0. The van der Waals surface area contributed by atoms with E-state index in [1.54, 1.807) is 0 Å². The highest BCUT2D eigenvalue weighted by atomic mass is 16.7. The van der Waals surface area contributed by atoms with Crippen LogP contribution in [-0.2, 0) is 14.3 Å². The van der Waals surface area contributed by atoms with Gasteiger partial charge in [-0.2, -0.15) is 0 Å². The number of methoxy groups -OCH3 is 2. The van der Waals surface area contributed by atoms with Gasteiger partial charge >= 0.3 is 0 Å². The Bertz CT molecular complexity index is 160. The van der Waals surface area contributed by atoms with E-state index in [0.29, 0.717) is 19.5 Å². The molecule has 1 atom stereocenters. The summed E-state index contributed by atoms with van der Waals surface area (Å²) in [5.74, 6) is 0.181. The number of nitrogens with one attached hydrogen (secondary N) is 1. The summed E-state index contributed by atoms with van der Waals surface area (Å²) in [5.41, 5.74) is 5.40. The molecule has 5 nitrogen and oxygen atoms in total. The molecule has 0 saturated carbocycles. The summed E-state index contributed by atoms with van der Waals surface area (Å²) < 4.78 is 9.84. The van der Waals surface area contributed by atoms with Crippen LogP contribution >= 0.6 is 0 Å². The average Bonchev–Trinajstić information content (AvgIpc) is 2.19. The van der Waals surface area contributed by atoms with Crippen LogP contribution < -0.4 is 11.1 Å². The molecule has 0 bridgehead atoms. The smallest absolute Gasteiger partial charge is 0.220 e. The number of carbonyl (C=O) groups is 1. The van der Waals surface area contributed by atoms with Crippen molar-refractivity contribution in [1.82, 2.24) is 5.32 Å². The molecule has 14 heavy (non-hydrogen) atoms. The van der Waals surface area contributed by atoms with Crippen LogP contribution in [0, 0.1) is 5.92 Å². The monoisotopic (exact) mass is 204 g/mol. The van der Waals surface area contributed by atoms with E-state index in [1.165, 1.54) is 14.2 Å². The number of nitrogens with two attached hydrogens (primary N) is 1. The van der Waals surface area contributed by atoms with Crippen molar-refractivity contribution in [3.05, 3.63) is 0 Å². The first-order valence-electron chi connectivity index (χ1n) is 4.66. The molecule has 0 spiro atoms. The van der Waals surface area contributed by atoms with Crippen molar-refractivity contribution < 1.29 is 14.3 Å². The zero-order valence-corrected chi connectivity index (χ0v) is 9.08. The molecule has 84 valence electrons. The van der Waals surface area contributed by atoms with Crippen LogP contribution in [0.25, 0.3) is 0 Å². The standard InChI is InChI=1S/C9H20N2O3/c1-7(5-10)4-8(12)11-6-9(13-2)14-3/h7,9H,4-6,10H2,1-3H3,(H,11,12). The Kier molecular flexibility index (Phi) is 7.37. The molecule has 0 radical (unpaired) electrons. The third-order valence-corrected chi connectivity index (χ3v) is 1.93. The molecule has 5 heteroatoms. The van der Waals surface area contributed by atoms with Gasteiger partial charge in [0.25, 0.3) is 0 Å². The molecule has 0 aromatic rings. The molecule has 0 rings (SSSR count). The van der Waals surface area contributed by atoms with Crippen LogP contribution in [0.1, 0.15) is 13.3 Å². The van der Waals surface area contributed by atoms with Crippen molar-refractivity contribution in [1.29, 1.82) is 0 Å². The van der Waals surface area contributed by atoms with Gasteiger partial charge in [-0.05, 0) is 12.5 Å². The van der Waals surface area contributed by atoms with Gasteiger partial charge in [-0.25, -0.2) is 0 Å². The van der Waals surface area contributed by atoms with E-state index in [9.17, 15) is 4.79 Å². The van der Waals surface area contributed by atoms with Gasteiger partial charge in [0, 0.05) is 20.6 Å². The van der Waals surface area contributed by atoms with Gasteiger partial charge < -0.3 is 20.5 Å². The molecule has 0 saturated heterocycles. The van der Waals surface area contributed by atoms with E-state index in [4.69, 9.17) is 15.2 Å². The topological polar surface area (TPSA) is 73.6 Å². The maximum Gasteiger partial charge on any atom is 0.220 e. The van der Waals surface area contributed by atoms with E-state index in [0.717, 1.165) is 0 Å². The lowest BCUT2D eigenvalue weighted by molar-refractivity contribution is -0.128. The summed E-state index contributed by atoms with van der Waals surface area (Å²) in [6, 6.07) is 0. The molecule has 0 fully saturated rings. The molecule has 0 aromatic carbocycles. The number of amides is 1. The molecule has 0 aromatic heterocycles. The Morgan fingerprint density at radius 1 is 1.43 bits per heavy atom. The Balaban J connectivity index is 3.62. The highest BCUT2D eigenvalue weighted by Crippen LogP contribution is 1.98. The maximum absolute atomic E-state index is 11.3. The third kappa shape index (κ3) is 5.90. The summed E-state index contributed by atoms with van der Waals surface area (Å²) in [4.78, 5) is 11.3. The van der Waals surface area contributed by atoms with E-state index >= 15 is 0 Å². The van der Waals surface area contributed by atoms with Gasteiger partial charge in [0.2, 0.25) is 5.91 Å². The molecule has 3 N–H and O–H groups in total.